The van der Waals surface area contributed by atoms with Gasteiger partial charge in [0.15, 0.2) is 6.10 Å². The van der Waals surface area contributed by atoms with Gasteiger partial charge in [-0.05, 0) is 51.5 Å². The van der Waals surface area contributed by atoms with Crippen molar-refractivity contribution in [1.82, 2.24) is 19.4 Å². The van der Waals surface area contributed by atoms with Crippen molar-refractivity contribution in [2.24, 2.45) is 11.3 Å². The third-order valence-electron chi connectivity index (χ3n) is 8.92. The molecule has 1 aliphatic heterocycles. The topological polar surface area (TPSA) is 134 Å². The SMILES string of the molecule is CC(=O)O[C@@H](C)C(=O)N(CC1CN(C(=O)OC(C)(C)C)CC1F)[C@@H](c1nc(-c2cc(F)ccc2F)cn1Cc1ccccc1)C(C)(C)C(O)CO. The Labute approximate surface area is 296 Å². The Hall–Kier alpha value is -4.43. The van der Waals surface area contributed by atoms with Gasteiger partial charge in [0.05, 0.1) is 31.0 Å². The van der Waals surface area contributed by atoms with Gasteiger partial charge in [-0.3, -0.25) is 9.59 Å². The van der Waals surface area contributed by atoms with Crippen LogP contribution >= 0.6 is 0 Å². The van der Waals surface area contributed by atoms with Crippen LogP contribution in [-0.2, 0) is 25.6 Å². The van der Waals surface area contributed by atoms with Crippen molar-refractivity contribution >= 4 is 18.0 Å². The summed E-state index contributed by atoms with van der Waals surface area (Å²) in [7, 11) is 0. The number of carbonyl (C=O) groups is 3. The van der Waals surface area contributed by atoms with E-state index in [2.05, 4.69) is 0 Å². The Kier molecular flexibility index (Phi) is 12.2. The van der Waals surface area contributed by atoms with Crippen LogP contribution in [-0.4, -0.2) is 97.8 Å². The molecular formula is C37H47F3N4O7. The molecule has 1 fully saturated rings. The van der Waals surface area contributed by atoms with Gasteiger partial charge in [-0.2, -0.15) is 0 Å². The smallest absolute Gasteiger partial charge is 0.410 e. The molecule has 2 aromatic carbocycles. The molecule has 3 unspecified atom stereocenters. The molecule has 1 aromatic heterocycles. The number of aromatic nitrogens is 2. The number of carbonyl (C=O) groups excluding carboxylic acids is 3. The summed E-state index contributed by atoms with van der Waals surface area (Å²) in [6.07, 6.45) is -3.71. The van der Waals surface area contributed by atoms with Crippen molar-refractivity contribution in [2.75, 3.05) is 26.2 Å². The second kappa shape index (κ2) is 15.9. The Morgan fingerprint density at radius 1 is 1.06 bits per heavy atom. The fourth-order valence-electron chi connectivity index (χ4n) is 6.26. The summed E-state index contributed by atoms with van der Waals surface area (Å²) in [6.45, 7) is 9.29. The predicted octanol–water partition coefficient (Wildman–Crippen LogP) is 5.28. The summed E-state index contributed by atoms with van der Waals surface area (Å²) in [5.74, 6) is -3.87. The molecule has 1 aliphatic rings. The number of alkyl halides is 1. The monoisotopic (exact) mass is 716 g/mol. The van der Waals surface area contributed by atoms with E-state index in [1.54, 1.807) is 39.2 Å². The summed E-state index contributed by atoms with van der Waals surface area (Å²) in [4.78, 5) is 46.5. The highest BCUT2D eigenvalue weighted by molar-refractivity contribution is 5.83. The molecule has 2 amide bonds. The molecule has 3 aromatic rings. The van der Waals surface area contributed by atoms with E-state index < -0.39 is 77.6 Å². The maximum atomic E-state index is 15.9. The number of halogens is 3. The quantitative estimate of drug-likeness (QED) is 0.242. The average molecular weight is 717 g/mol. The van der Waals surface area contributed by atoms with Crippen LogP contribution in [0.5, 0.6) is 0 Å². The van der Waals surface area contributed by atoms with Gasteiger partial charge in [-0.25, -0.2) is 22.9 Å². The number of ether oxygens (including phenoxy) is 2. The van der Waals surface area contributed by atoms with Crippen LogP contribution in [0.2, 0.25) is 0 Å². The van der Waals surface area contributed by atoms with E-state index >= 15 is 8.78 Å². The number of hydrogen-bond acceptors (Lipinski definition) is 8. The van der Waals surface area contributed by atoms with Gasteiger partial charge in [0.1, 0.15) is 29.2 Å². The standard InChI is InChI=1S/C37H47F3N4O7/c1-22(50-23(2)46)34(48)44(18-25-17-43(19-29(25)40)35(49)51-36(3,4)5)32(37(6,7)31(47)21-45)33-41-30(27-15-26(38)13-14-28(27)39)20-42(33)16-24-11-9-8-10-12-24/h8-15,20,22,25,29,31-32,45,47H,16-19,21H2,1-7H3/t22-,25?,29?,31?,32-/m0/s1. The van der Waals surface area contributed by atoms with Gasteiger partial charge >= 0.3 is 12.1 Å². The Morgan fingerprint density at radius 2 is 1.73 bits per heavy atom. The normalized spacial score (nSPS) is 18.2. The van der Waals surface area contributed by atoms with Gasteiger partial charge < -0.3 is 34.1 Å². The maximum Gasteiger partial charge on any atom is 0.410 e. The van der Waals surface area contributed by atoms with Gasteiger partial charge in [0, 0.05) is 49.7 Å². The van der Waals surface area contributed by atoms with Gasteiger partial charge in [0.2, 0.25) is 0 Å². The van der Waals surface area contributed by atoms with Crippen LogP contribution < -0.4 is 0 Å². The number of esters is 1. The van der Waals surface area contributed by atoms with E-state index in [9.17, 15) is 29.0 Å². The number of aliphatic hydroxyl groups excluding tert-OH is 2. The van der Waals surface area contributed by atoms with Crippen LogP contribution in [0.1, 0.15) is 65.9 Å². The lowest BCUT2D eigenvalue weighted by atomic mass is 9.77. The minimum atomic E-state index is -1.61. The molecule has 278 valence electrons. The molecule has 5 atom stereocenters. The van der Waals surface area contributed by atoms with Crippen molar-refractivity contribution in [3.05, 3.63) is 77.8 Å². The third kappa shape index (κ3) is 9.47. The number of amides is 2. The highest BCUT2D eigenvalue weighted by atomic mass is 19.1. The Bertz CT molecular complexity index is 1690. The molecule has 11 nitrogen and oxygen atoms in total. The Balaban J connectivity index is 1.92. The highest BCUT2D eigenvalue weighted by Crippen LogP contribution is 2.43. The van der Waals surface area contributed by atoms with Crippen LogP contribution in [0.25, 0.3) is 11.3 Å². The molecule has 51 heavy (non-hydrogen) atoms. The zero-order chi connectivity index (χ0) is 37.8. The summed E-state index contributed by atoms with van der Waals surface area (Å²) in [5.41, 5.74) is -1.67. The fraction of sp³-hybridized carbons (Fsp3) is 0.514. The molecule has 0 aliphatic carbocycles. The lowest BCUT2D eigenvalue weighted by Crippen LogP contribution is -2.53. The molecule has 14 heteroatoms. The zero-order valence-corrected chi connectivity index (χ0v) is 30.0. The van der Waals surface area contributed by atoms with Crippen molar-refractivity contribution < 1.29 is 47.2 Å². The first-order valence-corrected chi connectivity index (χ1v) is 16.8. The number of rotatable bonds is 12. The first-order chi connectivity index (χ1) is 23.8. The summed E-state index contributed by atoms with van der Waals surface area (Å²) < 4.78 is 57.8. The summed E-state index contributed by atoms with van der Waals surface area (Å²) in [6, 6.07) is 10.7. The number of hydrogen-bond donors (Lipinski definition) is 2. The van der Waals surface area contributed by atoms with Crippen LogP contribution in [0.15, 0.2) is 54.7 Å². The Morgan fingerprint density at radius 3 is 2.33 bits per heavy atom. The number of likely N-dealkylation sites (tertiary alicyclic amines) is 1. The molecule has 2 heterocycles. The van der Waals surface area contributed by atoms with Crippen LogP contribution in [0.4, 0.5) is 18.0 Å². The molecule has 0 spiro atoms. The first-order valence-electron chi connectivity index (χ1n) is 16.8. The number of aliphatic hydroxyl groups is 2. The first kappa shape index (κ1) is 39.4. The third-order valence-corrected chi connectivity index (χ3v) is 8.92. The summed E-state index contributed by atoms with van der Waals surface area (Å²) in [5, 5.41) is 21.5. The number of nitrogens with zero attached hydrogens (tertiary/aromatic N) is 4. The second-order valence-electron chi connectivity index (χ2n) is 14.5. The maximum absolute atomic E-state index is 15.9. The van der Waals surface area contributed by atoms with Crippen LogP contribution in [0.3, 0.4) is 0 Å². The highest BCUT2D eigenvalue weighted by Gasteiger charge is 2.49. The molecule has 2 N–H and O–H groups in total. The fourth-order valence-corrected chi connectivity index (χ4v) is 6.26. The van der Waals surface area contributed by atoms with E-state index in [0.29, 0.717) is 0 Å². The molecule has 0 bridgehead atoms. The predicted molar refractivity (Wildman–Crippen MR) is 182 cm³/mol. The molecule has 0 saturated carbocycles. The van der Waals surface area contributed by atoms with Crippen molar-refractivity contribution in [3.63, 3.8) is 0 Å². The average Bonchev–Trinajstić information content (AvgIpc) is 3.63. The molecule has 1 saturated heterocycles. The minimum absolute atomic E-state index is 0.0120. The lowest BCUT2D eigenvalue weighted by molar-refractivity contribution is -0.163. The van der Waals surface area contributed by atoms with E-state index in [1.165, 1.54) is 22.9 Å². The van der Waals surface area contributed by atoms with E-state index in [1.807, 2.05) is 30.3 Å². The van der Waals surface area contributed by atoms with Crippen LogP contribution in [0, 0.1) is 23.0 Å². The number of benzene rings is 2. The molecular weight excluding hydrogens is 669 g/mol. The van der Waals surface area contributed by atoms with Crippen molar-refractivity contribution in [1.29, 1.82) is 0 Å². The van der Waals surface area contributed by atoms with E-state index in [4.69, 9.17) is 14.5 Å². The number of imidazole rings is 1. The van der Waals surface area contributed by atoms with Gasteiger partial charge in [0.25, 0.3) is 5.91 Å². The lowest BCUT2D eigenvalue weighted by Gasteiger charge is -2.45. The van der Waals surface area contributed by atoms with Gasteiger partial charge in [-0.1, -0.05) is 44.2 Å². The second-order valence-corrected chi connectivity index (χ2v) is 14.5. The summed E-state index contributed by atoms with van der Waals surface area (Å²) >= 11 is 0. The van der Waals surface area contributed by atoms with E-state index in [0.717, 1.165) is 30.7 Å². The largest absolute Gasteiger partial charge is 0.453 e. The van der Waals surface area contributed by atoms with Gasteiger partial charge in [-0.15, -0.1) is 0 Å². The molecule has 0 radical (unpaired) electrons. The van der Waals surface area contributed by atoms with E-state index in [-0.39, 0.29) is 43.3 Å². The van der Waals surface area contributed by atoms with Crippen molar-refractivity contribution in [3.8, 4) is 11.3 Å². The van der Waals surface area contributed by atoms with Crippen molar-refractivity contribution in [2.45, 2.75) is 85.0 Å². The zero-order valence-electron chi connectivity index (χ0n) is 30.0. The molecule has 4 rings (SSSR count). The minimum Gasteiger partial charge on any atom is -0.453 e.